The Morgan fingerprint density at radius 1 is 1.33 bits per heavy atom. The largest absolute Gasteiger partial charge is 0.493 e. The maximum absolute atomic E-state index is 11.6. The minimum atomic E-state index is -4.18. The van der Waals surface area contributed by atoms with E-state index < -0.39 is 26.2 Å². The van der Waals surface area contributed by atoms with Crippen LogP contribution in [0.5, 0.6) is 0 Å². The van der Waals surface area contributed by atoms with Gasteiger partial charge in [-0.15, -0.1) is 0 Å². The van der Waals surface area contributed by atoms with Gasteiger partial charge < -0.3 is 9.47 Å². The quantitative estimate of drug-likeness (QED) is 0.240. The molecule has 0 amide bonds. The number of allylic oxidation sites excluding steroid dienone is 1. The molecule has 1 atom stereocenters. The minimum Gasteiger partial charge on any atom is -0.493 e. The number of carbonyl (C=O) groups excluding carboxylic acids is 1. The number of halogens is 2. The number of aliphatic imine (C=N–C) groups is 1. The zero-order valence-corrected chi connectivity index (χ0v) is 14.6. The molecule has 0 aromatic heterocycles. The predicted octanol–water partition coefficient (Wildman–Crippen LogP) is 2.93. The van der Waals surface area contributed by atoms with Crippen LogP contribution in [0.4, 0.5) is 0 Å². The van der Waals surface area contributed by atoms with Crippen LogP contribution in [-0.4, -0.2) is 33.8 Å². The summed E-state index contributed by atoms with van der Waals surface area (Å²) in [5.74, 6) is -0.730. The molecule has 0 saturated heterocycles. The first kappa shape index (κ1) is 19.9. The molecule has 1 unspecified atom stereocenters. The van der Waals surface area contributed by atoms with Crippen molar-refractivity contribution in [3.05, 3.63) is 21.4 Å². The molecule has 0 spiro atoms. The Morgan fingerprint density at radius 2 is 1.86 bits per heavy atom. The Kier molecular flexibility index (Phi) is 7.99. The van der Waals surface area contributed by atoms with Gasteiger partial charge in [0.15, 0.2) is 5.76 Å². The Hall–Kier alpha value is -1.05. The van der Waals surface area contributed by atoms with Gasteiger partial charge in [0.1, 0.15) is 6.10 Å². The van der Waals surface area contributed by atoms with Crippen molar-refractivity contribution in [2.45, 2.75) is 33.8 Å². The fourth-order valence-electron chi connectivity index (χ4n) is 1.59. The first-order valence-corrected chi connectivity index (χ1v) is 8.50. The number of esters is 1. The van der Waals surface area contributed by atoms with Crippen LogP contribution in [0.15, 0.2) is 26.4 Å². The average molecular weight is 358 g/mol. The highest BCUT2D eigenvalue weighted by molar-refractivity contribution is 8.16. The molecule has 0 aliphatic heterocycles. The summed E-state index contributed by atoms with van der Waals surface area (Å²) >= 11 is 5.97. The molecule has 0 N–H and O–H groups in total. The number of nitrogens with zero attached hydrogens (tertiary/aromatic N) is 1. The van der Waals surface area contributed by atoms with E-state index in [-0.39, 0.29) is 16.4 Å². The molecule has 0 rings (SSSR count). The Morgan fingerprint density at radius 3 is 2.14 bits per heavy atom. The third-order valence-electron chi connectivity index (χ3n) is 2.24. The lowest BCUT2D eigenvalue weighted by molar-refractivity contribution is -0.143. The summed E-state index contributed by atoms with van der Waals surface area (Å²) in [4.78, 5) is 14.8. The Balaban J connectivity index is 6.31. The molecule has 0 bridgehead atoms. The van der Waals surface area contributed by atoms with E-state index in [1.54, 1.807) is 0 Å². The zero-order valence-electron chi connectivity index (χ0n) is 12.3. The summed E-state index contributed by atoms with van der Waals surface area (Å²) in [6, 6.07) is 0. The molecule has 0 saturated carbocycles. The topological polar surface area (TPSA) is 82.0 Å². The molecule has 6 nitrogen and oxygen atoms in total. The average Bonchev–Trinajstić information content (AvgIpc) is 2.30. The lowest BCUT2D eigenvalue weighted by Gasteiger charge is -2.20. The minimum absolute atomic E-state index is 0.166. The monoisotopic (exact) mass is 357 g/mol. The van der Waals surface area contributed by atoms with Gasteiger partial charge in [0, 0.05) is 28.9 Å². The Bertz CT molecular complexity index is 589. The standard InChI is InChI=1S/C12H17Cl2NO5S/c1-6-15-12(21(14,17)18)11(19-5)10(7(2)13)8(3)20-9(4)16/h6,8H,1-5H3/b10-7+,12-11-,15-6-. The van der Waals surface area contributed by atoms with Crippen molar-refractivity contribution in [2.75, 3.05) is 7.11 Å². The van der Waals surface area contributed by atoms with Gasteiger partial charge in [-0.1, -0.05) is 11.6 Å². The fourth-order valence-corrected chi connectivity index (χ4v) is 2.81. The van der Waals surface area contributed by atoms with E-state index in [1.165, 1.54) is 41.0 Å². The van der Waals surface area contributed by atoms with Gasteiger partial charge in [-0.25, -0.2) is 13.4 Å². The molecular weight excluding hydrogens is 341 g/mol. The maximum Gasteiger partial charge on any atom is 0.303 e. The molecule has 0 fully saturated rings. The molecule has 9 heteroatoms. The van der Waals surface area contributed by atoms with Crippen molar-refractivity contribution in [3.63, 3.8) is 0 Å². The van der Waals surface area contributed by atoms with Crippen molar-refractivity contribution in [2.24, 2.45) is 4.99 Å². The van der Waals surface area contributed by atoms with E-state index in [4.69, 9.17) is 31.8 Å². The van der Waals surface area contributed by atoms with Crippen LogP contribution in [0.2, 0.25) is 0 Å². The van der Waals surface area contributed by atoms with Crippen LogP contribution in [0.3, 0.4) is 0 Å². The van der Waals surface area contributed by atoms with Crippen molar-refractivity contribution >= 4 is 43.5 Å². The van der Waals surface area contributed by atoms with Crippen LogP contribution in [0.25, 0.3) is 0 Å². The van der Waals surface area contributed by atoms with Gasteiger partial charge in [0.05, 0.1) is 12.7 Å². The number of rotatable bonds is 6. The highest BCUT2D eigenvalue weighted by Crippen LogP contribution is 2.30. The van der Waals surface area contributed by atoms with Gasteiger partial charge in [0.2, 0.25) is 5.03 Å². The lowest BCUT2D eigenvalue weighted by Crippen LogP contribution is -2.19. The third kappa shape index (κ3) is 6.07. The molecule has 120 valence electrons. The third-order valence-corrected chi connectivity index (χ3v) is 3.64. The second-order valence-corrected chi connectivity index (χ2v) is 6.91. The van der Waals surface area contributed by atoms with E-state index in [0.717, 1.165) is 0 Å². The molecule has 0 aliphatic carbocycles. The van der Waals surface area contributed by atoms with E-state index in [9.17, 15) is 13.2 Å². The highest BCUT2D eigenvalue weighted by Gasteiger charge is 2.28. The molecule has 0 radical (unpaired) electrons. The molecule has 0 aliphatic rings. The summed E-state index contributed by atoms with van der Waals surface area (Å²) < 4.78 is 33.4. The number of hydrogen-bond donors (Lipinski definition) is 0. The van der Waals surface area contributed by atoms with Crippen LogP contribution in [-0.2, 0) is 23.3 Å². The predicted molar refractivity (Wildman–Crippen MR) is 82.8 cm³/mol. The smallest absolute Gasteiger partial charge is 0.303 e. The van der Waals surface area contributed by atoms with Gasteiger partial charge in [-0.05, 0) is 20.8 Å². The zero-order chi connectivity index (χ0) is 16.8. The summed E-state index contributed by atoms with van der Waals surface area (Å²) in [5.41, 5.74) is 0.166. The van der Waals surface area contributed by atoms with Crippen LogP contribution < -0.4 is 0 Å². The van der Waals surface area contributed by atoms with Crippen LogP contribution in [0.1, 0.15) is 27.7 Å². The fraction of sp³-hybridized carbons (Fsp3) is 0.500. The normalized spacial score (nSPS) is 16.1. The summed E-state index contributed by atoms with van der Waals surface area (Å²) in [6.07, 6.45) is 0.404. The van der Waals surface area contributed by atoms with E-state index in [1.807, 2.05) is 0 Å². The molecule has 0 aromatic carbocycles. The van der Waals surface area contributed by atoms with Gasteiger partial charge in [-0.3, -0.25) is 4.79 Å². The molecule has 0 aromatic rings. The van der Waals surface area contributed by atoms with Gasteiger partial charge >= 0.3 is 5.97 Å². The van der Waals surface area contributed by atoms with Crippen molar-refractivity contribution in [3.8, 4) is 0 Å². The van der Waals surface area contributed by atoms with E-state index >= 15 is 0 Å². The van der Waals surface area contributed by atoms with Crippen LogP contribution >= 0.6 is 22.3 Å². The number of ether oxygens (including phenoxy) is 2. The molecular formula is C12H17Cl2NO5S. The van der Waals surface area contributed by atoms with Gasteiger partial charge in [-0.2, -0.15) is 0 Å². The molecule has 0 heterocycles. The van der Waals surface area contributed by atoms with E-state index in [2.05, 4.69) is 4.99 Å². The number of carbonyl (C=O) groups is 1. The van der Waals surface area contributed by atoms with Gasteiger partial charge in [0.25, 0.3) is 9.05 Å². The van der Waals surface area contributed by atoms with Crippen molar-refractivity contribution in [1.29, 1.82) is 0 Å². The van der Waals surface area contributed by atoms with Crippen molar-refractivity contribution in [1.82, 2.24) is 0 Å². The Labute approximate surface area is 133 Å². The summed E-state index contributed by atoms with van der Waals surface area (Å²) in [6.45, 7) is 5.76. The first-order valence-electron chi connectivity index (χ1n) is 5.81. The number of methoxy groups -OCH3 is 1. The lowest BCUT2D eigenvalue weighted by atomic mass is 10.1. The SMILES string of the molecule is C\C=N/C(=C(OC)\C(=C(/C)Cl)C(C)OC(C)=O)S(=O)(=O)Cl. The second kappa shape index (κ2) is 8.41. The maximum atomic E-state index is 11.6. The van der Waals surface area contributed by atoms with Crippen molar-refractivity contribution < 1.29 is 22.7 Å². The first-order chi connectivity index (χ1) is 9.56. The molecule has 21 heavy (non-hydrogen) atoms. The summed E-state index contributed by atoms with van der Waals surface area (Å²) in [7, 11) is 2.41. The summed E-state index contributed by atoms with van der Waals surface area (Å²) in [5, 5.41) is -0.326. The van der Waals surface area contributed by atoms with Crippen LogP contribution in [0, 0.1) is 0 Å². The van der Waals surface area contributed by atoms with E-state index in [0.29, 0.717) is 0 Å². The highest BCUT2D eigenvalue weighted by atomic mass is 35.7. The number of hydrogen-bond acceptors (Lipinski definition) is 6. The second-order valence-electron chi connectivity index (χ2n) is 3.86.